The number of fused-ring (bicyclic) bond motifs is 1. The van der Waals surface area contributed by atoms with Crippen molar-refractivity contribution in [3.05, 3.63) is 29.3 Å². The Balaban J connectivity index is 1.59. The molecule has 6 heteroatoms. The predicted molar refractivity (Wildman–Crippen MR) is 82.3 cm³/mol. The summed E-state index contributed by atoms with van der Waals surface area (Å²) >= 11 is 0. The van der Waals surface area contributed by atoms with Crippen LogP contribution in [0, 0.1) is 5.92 Å². The van der Waals surface area contributed by atoms with E-state index in [1.807, 2.05) is 18.2 Å². The molecular weight excluding hydrogens is 305 g/mol. The fourth-order valence-corrected chi connectivity index (χ4v) is 3.56. The first-order valence-corrected chi connectivity index (χ1v) is 8.12. The fourth-order valence-electron chi connectivity index (χ4n) is 3.56. The average molecular weight is 326 g/mol. The van der Waals surface area contributed by atoms with E-state index in [-0.39, 0.29) is 18.4 Å². The summed E-state index contributed by atoms with van der Waals surface area (Å²) in [6.45, 7) is -0.353. The summed E-state index contributed by atoms with van der Waals surface area (Å²) in [5.41, 5.74) is 3.35. The van der Waals surface area contributed by atoms with Gasteiger partial charge in [-0.15, -0.1) is 0 Å². The number of nitrogens with one attached hydrogen (secondary N) is 1. The van der Waals surface area contributed by atoms with Gasteiger partial charge in [0.15, 0.2) is 0 Å². The summed E-state index contributed by atoms with van der Waals surface area (Å²) in [6, 6.07) is 5.92. The highest BCUT2D eigenvalue weighted by Crippen LogP contribution is 2.26. The van der Waals surface area contributed by atoms with E-state index in [9.17, 15) is 18.0 Å². The zero-order valence-electron chi connectivity index (χ0n) is 13.0. The molecule has 1 heterocycles. The molecular formula is C17H21F3N2O. The lowest BCUT2D eigenvalue weighted by Crippen LogP contribution is -2.44. The molecule has 23 heavy (non-hydrogen) atoms. The molecule has 1 aliphatic carbocycles. The number of benzene rings is 1. The molecule has 1 atom stereocenters. The molecule has 3 rings (SSSR count). The normalized spacial score (nSPS) is 22.0. The number of halogens is 3. The first-order valence-electron chi connectivity index (χ1n) is 8.12. The highest BCUT2D eigenvalue weighted by atomic mass is 19.4. The van der Waals surface area contributed by atoms with Crippen LogP contribution in [-0.4, -0.2) is 36.6 Å². The molecule has 0 spiro atoms. The lowest BCUT2D eigenvalue weighted by molar-refractivity contribution is -0.151. The van der Waals surface area contributed by atoms with E-state index in [2.05, 4.69) is 5.32 Å². The zero-order valence-corrected chi connectivity index (χ0v) is 13.0. The number of hydrogen-bond acceptors (Lipinski definition) is 2. The number of aryl methyl sites for hydroxylation is 2. The van der Waals surface area contributed by atoms with Crippen LogP contribution in [0.1, 0.15) is 30.4 Å². The van der Waals surface area contributed by atoms with Crippen LogP contribution in [0.15, 0.2) is 18.2 Å². The molecule has 1 amide bonds. The minimum Gasteiger partial charge on any atom is -0.326 e. The lowest BCUT2D eigenvalue weighted by Gasteiger charge is -2.32. The molecule has 0 bridgehead atoms. The highest BCUT2D eigenvalue weighted by Gasteiger charge is 2.34. The maximum Gasteiger partial charge on any atom is 0.401 e. The predicted octanol–water partition coefficient (Wildman–Crippen LogP) is 3.39. The van der Waals surface area contributed by atoms with Gasteiger partial charge in [0.2, 0.25) is 5.91 Å². The summed E-state index contributed by atoms with van der Waals surface area (Å²) in [6.07, 6.45) is 0.310. The van der Waals surface area contributed by atoms with E-state index < -0.39 is 12.7 Å². The largest absolute Gasteiger partial charge is 0.401 e. The van der Waals surface area contributed by atoms with Gasteiger partial charge in [0.05, 0.1) is 12.5 Å². The molecule has 126 valence electrons. The maximum absolute atomic E-state index is 12.5. The number of rotatable bonds is 3. The minimum atomic E-state index is -4.21. The second kappa shape index (κ2) is 6.51. The number of carbonyl (C=O) groups is 1. The van der Waals surface area contributed by atoms with Crippen molar-refractivity contribution in [3.63, 3.8) is 0 Å². The van der Waals surface area contributed by atoms with Gasteiger partial charge in [0.25, 0.3) is 0 Å². The molecule has 0 aromatic heterocycles. The van der Waals surface area contributed by atoms with Gasteiger partial charge in [0.1, 0.15) is 0 Å². The summed E-state index contributed by atoms with van der Waals surface area (Å²) < 4.78 is 37.5. The number of hydrogen-bond donors (Lipinski definition) is 1. The molecule has 1 aliphatic heterocycles. The van der Waals surface area contributed by atoms with Crippen LogP contribution in [0.2, 0.25) is 0 Å². The van der Waals surface area contributed by atoms with Crippen LogP contribution in [0.5, 0.6) is 0 Å². The van der Waals surface area contributed by atoms with Crippen molar-refractivity contribution in [2.24, 2.45) is 5.92 Å². The molecule has 3 nitrogen and oxygen atoms in total. The van der Waals surface area contributed by atoms with Crippen LogP contribution in [-0.2, 0) is 17.6 Å². The van der Waals surface area contributed by atoms with Crippen molar-refractivity contribution in [2.75, 3.05) is 25.0 Å². The maximum atomic E-state index is 12.5. The summed E-state index contributed by atoms with van der Waals surface area (Å²) in [7, 11) is 0. The third kappa shape index (κ3) is 4.25. The molecule has 1 fully saturated rings. The van der Waals surface area contributed by atoms with E-state index in [0.717, 1.165) is 24.9 Å². The molecule has 1 aromatic carbocycles. The van der Waals surface area contributed by atoms with Crippen LogP contribution >= 0.6 is 0 Å². The second-order valence-corrected chi connectivity index (χ2v) is 6.52. The van der Waals surface area contributed by atoms with E-state index in [1.54, 1.807) is 0 Å². The number of amides is 1. The van der Waals surface area contributed by atoms with E-state index in [4.69, 9.17) is 0 Å². The Bertz CT molecular complexity index is 586. The second-order valence-electron chi connectivity index (χ2n) is 6.52. The van der Waals surface area contributed by atoms with Gasteiger partial charge in [-0.05, 0) is 61.9 Å². The van der Waals surface area contributed by atoms with Crippen molar-refractivity contribution >= 4 is 11.6 Å². The number of nitrogens with zero attached hydrogens (tertiary/aromatic N) is 1. The average Bonchev–Trinajstić information content (AvgIpc) is 2.93. The molecule has 1 N–H and O–H groups in total. The SMILES string of the molecule is O=C(Nc1ccc2c(c1)CCC2)C1CCCN(CC(F)(F)F)C1. The quantitative estimate of drug-likeness (QED) is 0.923. The van der Waals surface area contributed by atoms with Gasteiger partial charge in [-0.25, -0.2) is 0 Å². The number of likely N-dealkylation sites (tertiary alicyclic amines) is 1. The topological polar surface area (TPSA) is 32.3 Å². The number of carbonyl (C=O) groups excluding carboxylic acids is 1. The van der Waals surface area contributed by atoms with Gasteiger partial charge in [-0.2, -0.15) is 13.2 Å². The van der Waals surface area contributed by atoms with Gasteiger partial charge >= 0.3 is 6.18 Å². The first-order chi connectivity index (χ1) is 10.9. The Morgan fingerprint density at radius 1 is 1.22 bits per heavy atom. The molecule has 1 unspecified atom stereocenters. The van der Waals surface area contributed by atoms with Crippen LogP contribution in [0.3, 0.4) is 0 Å². The lowest BCUT2D eigenvalue weighted by atomic mass is 9.97. The third-order valence-corrected chi connectivity index (χ3v) is 4.65. The Kier molecular flexibility index (Phi) is 4.62. The smallest absolute Gasteiger partial charge is 0.326 e. The van der Waals surface area contributed by atoms with Crippen LogP contribution in [0.4, 0.5) is 18.9 Å². The Morgan fingerprint density at radius 2 is 2.00 bits per heavy atom. The molecule has 1 aromatic rings. The van der Waals surface area contributed by atoms with Crippen molar-refractivity contribution < 1.29 is 18.0 Å². The van der Waals surface area contributed by atoms with Crippen molar-refractivity contribution in [1.82, 2.24) is 4.90 Å². The molecule has 0 saturated carbocycles. The van der Waals surface area contributed by atoms with E-state index >= 15 is 0 Å². The summed E-state index contributed by atoms with van der Waals surface area (Å²) in [4.78, 5) is 13.7. The summed E-state index contributed by atoms with van der Waals surface area (Å²) in [5.74, 6) is -0.547. The summed E-state index contributed by atoms with van der Waals surface area (Å²) in [5, 5.41) is 2.88. The zero-order chi connectivity index (χ0) is 16.4. The third-order valence-electron chi connectivity index (χ3n) is 4.65. The minimum absolute atomic E-state index is 0.171. The Labute approximate surface area is 133 Å². The highest BCUT2D eigenvalue weighted by molar-refractivity contribution is 5.92. The number of alkyl halides is 3. The van der Waals surface area contributed by atoms with Gasteiger partial charge in [-0.1, -0.05) is 6.07 Å². The molecule has 0 radical (unpaired) electrons. The Morgan fingerprint density at radius 3 is 2.78 bits per heavy atom. The fraction of sp³-hybridized carbons (Fsp3) is 0.588. The van der Waals surface area contributed by atoms with Gasteiger partial charge < -0.3 is 5.32 Å². The number of anilines is 1. The number of piperidine rings is 1. The molecule has 2 aliphatic rings. The Hall–Kier alpha value is -1.56. The van der Waals surface area contributed by atoms with Gasteiger partial charge in [0, 0.05) is 12.2 Å². The van der Waals surface area contributed by atoms with Crippen molar-refractivity contribution in [2.45, 2.75) is 38.3 Å². The first kappa shape index (κ1) is 16.3. The van der Waals surface area contributed by atoms with Crippen molar-refractivity contribution in [3.8, 4) is 0 Å². The van der Waals surface area contributed by atoms with Crippen LogP contribution < -0.4 is 5.32 Å². The van der Waals surface area contributed by atoms with E-state index in [1.165, 1.54) is 16.0 Å². The monoisotopic (exact) mass is 326 g/mol. The standard InChI is InChI=1S/C17H21F3N2O/c18-17(19,20)11-22-8-2-5-14(10-22)16(23)21-15-7-6-12-3-1-4-13(12)9-15/h6-7,9,14H,1-5,8,10-11H2,(H,21,23). The van der Waals surface area contributed by atoms with E-state index in [0.29, 0.717) is 19.4 Å². The van der Waals surface area contributed by atoms with Crippen molar-refractivity contribution in [1.29, 1.82) is 0 Å². The van der Waals surface area contributed by atoms with Crippen LogP contribution in [0.25, 0.3) is 0 Å². The molecule has 1 saturated heterocycles. The van der Waals surface area contributed by atoms with Gasteiger partial charge in [-0.3, -0.25) is 9.69 Å².